The molecule has 7 aromatic rings. The van der Waals surface area contributed by atoms with Crippen molar-refractivity contribution in [2.45, 2.75) is 25.4 Å². The van der Waals surface area contributed by atoms with Gasteiger partial charge in [-0.1, -0.05) is 183 Å². The van der Waals surface area contributed by atoms with Crippen LogP contribution in [0.3, 0.4) is 0 Å². The molecule has 0 radical (unpaired) electrons. The zero-order chi connectivity index (χ0) is 36.9. The van der Waals surface area contributed by atoms with E-state index in [0.717, 1.165) is 11.4 Å². The van der Waals surface area contributed by atoms with E-state index in [0.29, 0.717) is 0 Å². The lowest BCUT2D eigenvalue weighted by Gasteiger charge is -2.35. The van der Waals surface area contributed by atoms with Gasteiger partial charge in [0.2, 0.25) is 0 Å². The second kappa shape index (κ2) is 13.3. The van der Waals surface area contributed by atoms with Crippen molar-refractivity contribution in [3.8, 4) is 22.3 Å². The van der Waals surface area contributed by atoms with Gasteiger partial charge in [0.25, 0.3) is 0 Å². The van der Waals surface area contributed by atoms with Gasteiger partial charge in [-0.2, -0.15) is 0 Å². The molecule has 1 aliphatic heterocycles. The molecule has 0 fully saturated rings. The Morgan fingerprint density at radius 3 is 1.83 bits per heavy atom. The number of fused-ring (bicyclic) bond motifs is 4. The van der Waals surface area contributed by atoms with E-state index in [-0.39, 0.29) is 0 Å². The predicted molar refractivity (Wildman–Crippen MR) is 233 cm³/mol. The minimum Gasteiger partial charge on any atom is -0.310 e. The molecule has 54 heavy (non-hydrogen) atoms. The molecule has 9 rings (SSSR count). The average Bonchev–Trinajstić information content (AvgIpc) is 3.64. The second-order valence-corrected chi connectivity index (χ2v) is 19.2. The molecule has 1 aliphatic carbocycles. The zero-order valence-electron chi connectivity index (χ0n) is 31.1. The summed E-state index contributed by atoms with van der Waals surface area (Å²) in [6.45, 7) is 11.5. The first kappa shape index (κ1) is 33.6. The van der Waals surface area contributed by atoms with E-state index < -0.39 is 13.5 Å². The number of anilines is 3. The van der Waals surface area contributed by atoms with Crippen molar-refractivity contribution in [2.75, 3.05) is 4.90 Å². The number of benzene rings is 7. The van der Waals surface area contributed by atoms with Crippen molar-refractivity contribution in [2.24, 2.45) is 0 Å². The number of para-hydroxylation sites is 1. The van der Waals surface area contributed by atoms with Gasteiger partial charge in [-0.05, 0) is 97.7 Å². The van der Waals surface area contributed by atoms with E-state index in [9.17, 15) is 0 Å². The molecule has 2 heteroatoms. The van der Waals surface area contributed by atoms with Crippen molar-refractivity contribution in [1.82, 2.24) is 0 Å². The molecule has 7 aromatic carbocycles. The molecule has 1 heterocycles. The van der Waals surface area contributed by atoms with Crippen LogP contribution in [-0.2, 0) is 5.41 Å². The highest BCUT2D eigenvalue weighted by molar-refractivity contribution is 7.03. The molecule has 260 valence electrons. The van der Waals surface area contributed by atoms with Gasteiger partial charge >= 0.3 is 0 Å². The third-order valence-corrected chi connectivity index (χ3v) is 15.2. The Balaban J connectivity index is 1.27. The number of allylic oxidation sites excluding steroid dienone is 5. The number of hydrogen-bond acceptors (Lipinski definition) is 1. The summed E-state index contributed by atoms with van der Waals surface area (Å²) in [4.78, 5) is 2.47. The summed E-state index contributed by atoms with van der Waals surface area (Å²) < 4.78 is 0. The van der Waals surface area contributed by atoms with Crippen LogP contribution in [0, 0.1) is 0 Å². The van der Waals surface area contributed by atoms with Crippen LogP contribution in [0.1, 0.15) is 29.2 Å². The smallest absolute Gasteiger partial charge is 0.113 e. The Labute approximate surface area is 320 Å². The number of nitrogens with zero attached hydrogens (tertiary/aromatic N) is 1. The van der Waals surface area contributed by atoms with E-state index >= 15 is 0 Å². The maximum absolute atomic E-state index is 4.43. The van der Waals surface area contributed by atoms with Crippen molar-refractivity contribution in [3.05, 3.63) is 229 Å². The third kappa shape index (κ3) is 5.05. The SMILES string of the molecule is C=CC1=C(/C=C\C)c2ccccc2C1(c1ccccc1)c1ccc(N(c2ccc3c(c2)[Si](C)(C)c2ccccc2-3)c2ccccc2-c2ccccc2)cc1. The molecule has 0 saturated heterocycles. The maximum Gasteiger partial charge on any atom is 0.113 e. The van der Waals surface area contributed by atoms with Crippen molar-refractivity contribution >= 4 is 41.1 Å². The molecule has 0 aromatic heterocycles. The third-order valence-electron chi connectivity index (χ3n) is 11.7. The first-order valence-corrected chi connectivity index (χ1v) is 21.9. The van der Waals surface area contributed by atoms with Crippen LogP contribution >= 0.6 is 0 Å². The summed E-state index contributed by atoms with van der Waals surface area (Å²) in [5.74, 6) is 0. The van der Waals surface area contributed by atoms with Gasteiger partial charge in [0.1, 0.15) is 8.07 Å². The lowest BCUT2D eigenvalue weighted by Crippen LogP contribution is -2.49. The molecular formula is C52H43NSi. The van der Waals surface area contributed by atoms with Crippen LogP contribution < -0.4 is 15.3 Å². The molecule has 2 aliphatic rings. The number of hydrogen-bond donors (Lipinski definition) is 0. The molecule has 0 bridgehead atoms. The fourth-order valence-electron chi connectivity index (χ4n) is 9.27. The molecule has 0 N–H and O–H groups in total. The van der Waals surface area contributed by atoms with Crippen LogP contribution in [0.5, 0.6) is 0 Å². The topological polar surface area (TPSA) is 3.24 Å². The Morgan fingerprint density at radius 1 is 0.537 bits per heavy atom. The van der Waals surface area contributed by atoms with Gasteiger partial charge in [0, 0.05) is 16.9 Å². The fourth-order valence-corrected chi connectivity index (χ4v) is 12.4. The van der Waals surface area contributed by atoms with Crippen LogP contribution in [0.15, 0.2) is 206 Å². The number of rotatable bonds is 8. The first-order valence-electron chi connectivity index (χ1n) is 18.9. The van der Waals surface area contributed by atoms with E-state index in [1.165, 1.54) is 71.7 Å². The summed E-state index contributed by atoms with van der Waals surface area (Å²) in [5, 5.41) is 3.01. The Hall–Kier alpha value is -6.22. The lowest BCUT2D eigenvalue weighted by molar-refractivity contribution is 0.762. The van der Waals surface area contributed by atoms with Crippen LogP contribution in [0.25, 0.3) is 27.8 Å². The normalized spacial score (nSPS) is 16.6. The molecule has 0 spiro atoms. The average molecular weight is 710 g/mol. The standard InChI is InChI=1S/C52H43NSi/c1-5-19-43-44-25-13-16-27-48(44)52(47(43)6-2,38-22-11-8-12-23-38)39-30-32-40(33-31-39)53(49-28-17-14-24-42(49)37-20-9-7-10-21-37)41-34-35-46-45-26-15-18-29-50(45)54(3,4)51(46)36-41/h5-36H,2H2,1,3-4H3/b19-5-. The van der Waals surface area contributed by atoms with Crippen molar-refractivity contribution < 1.29 is 0 Å². The van der Waals surface area contributed by atoms with Crippen LogP contribution in [0.2, 0.25) is 13.1 Å². The molecule has 1 atom stereocenters. The van der Waals surface area contributed by atoms with E-state index in [1.54, 1.807) is 0 Å². The summed E-state index contributed by atoms with van der Waals surface area (Å²) in [6.07, 6.45) is 6.46. The fraction of sp³-hybridized carbons (Fsp3) is 0.0769. The lowest BCUT2D eigenvalue weighted by atomic mass is 9.67. The van der Waals surface area contributed by atoms with Gasteiger partial charge in [-0.25, -0.2) is 0 Å². The Bertz CT molecular complexity index is 2590. The summed E-state index contributed by atoms with van der Waals surface area (Å²) in [7, 11) is -1.92. The van der Waals surface area contributed by atoms with Crippen molar-refractivity contribution in [3.63, 3.8) is 0 Å². The summed E-state index contributed by atoms with van der Waals surface area (Å²) in [6, 6.07) is 64.9. The largest absolute Gasteiger partial charge is 0.310 e. The summed E-state index contributed by atoms with van der Waals surface area (Å²) in [5.41, 5.74) is 15.5. The highest BCUT2D eigenvalue weighted by atomic mass is 28.3. The van der Waals surface area contributed by atoms with Crippen molar-refractivity contribution in [1.29, 1.82) is 0 Å². The van der Waals surface area contributed by atoms with E-state index in [2.05, 4.69) is 226 Å². The predicted octanol–water partition coefficient (Wildman–Crippen LogP) is 12.5. The Kier molecular flexibility index (Phi) is 8.29. The van der Waals surface area contributed by atoms with Gasteiger partial charge in [-0.3, -0.25) is 0 Å². The van der Waals surface area contributed by atoms with Gasteiger partial charge in [-0.15, -0.1) is 0 Å². The minimum absolute atomic E-state index is 0.519. The van der Waals surface area contributed by atoms with E-state index in [4.69, 9.17) is 0 Å². The first-order chi connectivity index (χ1) is 26.5. The molecule has 0 saturated carbocycles. The maximum atomic E-state index is 4.43. The van der Waals surface area contributed by atoms with E-state index in [1.807, 2.05) is 0 Å². The zero-order valence-corrected chi connectivity index (χ0v) is 32.1. The quantitative estimate of drug-likeness (QED) is 0.142. The summed E-state index contributed by atoms with van der Waals surface area (Å²) >= 11 is 0. The molecular weight excluding hydrogens is 667 g/mol. The van der Waals surface area contributed by atoms with Gasteiger partial charge in [0.05, 0.1) is 11.1 Å². The molecule has 1 unspecified atom stereocenters. The minimum atomic E-state index is -1.92. The molecule has 1 nitrogen and oxygen atoms in total. The monoisotopic (exact) mass is 709 g/mol. The second-order valence-electron chi connectivity index (χ2n) is 14.9. The highest BCUT2D eigenvalue weighted by Crippen LogP contribution is 2.55. The highest BCUT2D eigenvalue weighted by Gasteiger charge is 2.46. The van der Waals surface area contributed by atoms with Crippen LogP contribution in [-0.4, -0.2) is 8.07 Å². The van der Waals surface area contributed by atoms with Gasteiger partial charge < -0.3 is 4.90 Å². The van der Waals surface area contributed by atoms with Gasteiger partial charge in [0.15, 0.2) is 0 Å². The van der Waals surface area contributed by atoms with Crippen LogP contribution in [0.4, 0.5) is 17.1 Å². The molecule has 0 amide bonds. The Morgan fingerprint density at radius 2 is 1.11 bits per heavy atom.